The highest BCUT2D eigenvalue weighted by Crippen LogP contribution is 2.17. The van der Waals surface area contributed by atoms with E-state index in [0.717, 1.165) is 65.1 Å². The summed E-state index contributed by atoms with van der Waals surface area (Å²) in [6.07, 6.45) is 3.79. The number of methoxy groups -OCH3 is 2. The van der Waals surface area contributed by atoms with E-state index in [1.165, 1.54) is 0 Å². The predicted molar refractivity (Wildman–Crippen MR) is 86.4 cm³/mol. The Bertz CT molecular complexity index is 273. The highest BCUT2D eigenvalue weighted by Gasteiger charge is 2.26. The van der Waals surface area contributed by atoms with Crippen molar-refractivity contribution in [3.8, 4) is 6.07 Å². The topological polar surface area (TPSA) is 57.5 Å². The first-order valence-corrected chi connectivity index (χ1v) is 8.04. The summed E-state index contributed by atoms with van der Waals surface area (Å²) in [5.74, 6) is 0. The van der Waals surface area contributed by atoms with E-state index in [-0.39, 0.29) is 5.54 Å². The lowest BCUT2D eigenvalue weighted by atomic mass is 9.91. The molecule has 1 atom stereocenters. The molecular formula is C16H33N3O2. The van der Waals surface area contributed by atoms with Crippen LogP contribution in [0, 0.1) is 11.3 Å². The Morgan fingerprint density at radius 3 is 2.14 bits per heavy atom. The number of nitrogens with one attached hydrogen (secondary N) is 1. The summed E-state index contributed by atoms with van der Waals surface area (Å²) in [4.78, 5) is 2.34. The second-order valence-electron chi connectivity index (χ2n) is 5.41. The Kier molecular flexibility index (Phi) is 12.6. The molecule has 0 rings (SSSR count). The Labute approximate surface area is 130 Å². The standard InChI is InChI=1S/C16H33N3O2/c1-5-9-18-16(6-2,15-17)8-7-10-19(11-13-20-3)12-14-21-4/h18H,5-14H2,1-4H3. The molecule has 1 unspecified atom stereocenters. The average Bonchev–Trinajstić information content (AvgIpc) is 2.53. The van der Waals surface area contributed by atoms with Crippen LogP contribution in [0.5, 0.6) is 0 Å². The highest BCUT2D eigenvalue weighted by molar-refractivity contribution is 5.06. The van der Waals surface area contributed by atoms with Crippen molar-refractivity contribution in [1.82, 2.24) is 10.2 Å². The molecule has 0 aromatic heterocycles. The summed E-state index contributed by atoms with van der Waals surface area (Å²) >= 11 is 0. The summed E-state index contributed by atoms with van der Waals surface area (Å²) in [7, 11) is 3.45. The SMILES string of the molecule is CCCNC(C#N)(CC)CCCN(CCOC)CCOC. The van der Waals surface area contributed by atoms with Gasteiger partial charge < -0.3 is 9.47 Å². The van der Waals surface area contributed by atoms with Crippen LogP contribution in [0.3, 0.4) is 0 Å². The molecule has 0 aliphatic carbocycles. The van der Waals surface area contributed by atoms with Gasteiger partial charge in [0, 0.05) is 27.3 Å². The van der Waals surface area contributed by atoms with Crippen molar-refractivity contribution in [1.29, 1.82) is 5.26 Å². The third kappa shape index (κ3) is 9.05. The van der Waals surface area contributed by atoms with Crippen LogP contribution in [0.25, 0.3) is 0 Å². The van der Waals surface area contributed by atoms with Crippen molar-refractivity contribution < 1.29 is 9.47 Å². The van der Waals surface area contributed by atoms with Gasteiger partial charge in [-0.1, -0.05) is 13.8 Å². The molecule has 0 saturated heterocycles. The molecule has 0 spiro atoms. The maximum atomic E-state index is 9.49. The molecule has 0 fully saturated rings. The number of nitriles is 1. The minimum atomic E-state index is -0.371. The first-order chi connectivity index (χ1) is 10.2. The van der Waals surface area contributed by atoms with Crippen molar-refractivity contribution in [3.63, 3.8) is 0 Å². The summed E-state index contributed by atoms with van der Waals surface area (Å²) < 4.78 is 10.3. The lowest BCUT2D eigenvalue weighted by Crippen LogP contribution is -2.44. The molecule has 0 saturated carbocycles. The van der Waals surface area contributed by atoms with E-state index in [9.17, 15) is 5.26 Å². The van der Waals surface area contributed by atoms with Crippen molar-refractivity contribution in [2.45, 2.75) is 45.1 Å². The second kappa shape index (κ2) is 13.0. The highest BCUT2D eigenvalue weighted by atomic mass is 16.5. The van der Waals surface area contributed by atoms with E-state index >= 15 is 0 Å². The average molecular weight is 299 g/mol. The van der Waals surface area contributed by atoms with E-state index in [1.54, 1.807) is 14.2 Å². The fourth-order valence-electron chi connectivity index (χ4n) is 2.31. The summed E-state index contributed by atoms with van der Waals surface area (Å²) in [5, 5.41) is 12.9. The minimum absolute atomic E-state index is 0.371. The third-order valence-corrected chi connectivity index (χ3v) is 3.83. The Morgan fingerprint density at radius 2 is 1.71 bits per heavy atom. The van der Waals surface area contributed by atoms with E-state index < -0.39 is 0 Å². The zero-order valence-electron chi connectivity index (χ0n) is 14.3. The van der Waals surface area contributed by atoms with Gasteiger partial charge >= 0.3 is 0 Å². The maximum absolute atomic E-state index is 9.49. The molecule has 21 heavy (non-hydrogen) atoms. The van der Waals surface area contributed by atoms with Gasteiger partial charge in [0.2, 0.25) is 0 Å². The summed E-state index contributed by atoms with van der Waals surface area (Å²) in [5.41, 5.74) is -0.371. The van der Waals surface area contributed by atoms with Crippen LogP contribution in [0.15, 0.2) is 0 Å². The lowest BCUT2D eigenvalue weighted by molar-refractivity contribution is 0.111. The predicted octanol–water partition coefficient (Wildman–Crippen LogP) is 2.03. The van der Waals surface area contributed by atoms with Gasteiger partial charge in [0.25, 0.3) is 0 Å². The molecule has 0 radical (unpaired) electrons. The molecule has 1 N–H and O–H groups in total. The van der Waals surface area contributed by atoms with Gasteiger partial charge in [-0.3, -0.25) is 10.2 Å². The van der Waals surface area contributed by atoms with Crippen LogP contribution in [0.4, 0.5) is 0 Å². The molecule has 0 bridgehead atoms. The Hall–Kier alpha value is -0.670. The molecule has 5 nitrogen and oxygen atoms in total. The molecule has 0 aromatic rings. The molecule has 0 aromatic carbocycles. The molecule has 0 amide bonds. The van der Waals surface area contributed by atoms with Gasteiger partial charge in [0.1, 0.15) is 5.54 Å². The van der Waals surface area contributed by atoms with Gasteiger partial charge in [-0.05, 0) is 38.8 Å². The zero-order valence-corrected chi connectivity index (χ0v) is 14.3. The Morgan fingerprint density at radius 1 is 1.10 bits per heavy atom. The molecule has 0 aliphatic rings. The molecular weight excluding hydrogens is 266 g/mol. The zero-order chi connectivity index (χ0) is 16.0. The summed E-state index contributed by atoms with van der Waals surface area (Å²) in [6.45, 7) is 9.37. The van der Waals surface area contributed by atoms with Crippen molar-refractivity contribution in [3.05, 3.63) is 0 Å². The minimum Gasteiger partial charge on any atom is -0.383 e. The quantitative estimate of drug-likeness (QED) is 0.532. The second-order valence-corrected chi connectivity index (χ2v) is 5.41. The van der Waals surface area contributed by atoms with Crippen LogP contribution < -0.4 is 5.32 Å². The molecule has 0 heterocycles. The van der Waals surface area contributed by atoms with Crippen LogP contribution in [0.1, 0.15) is 39.5 Å². The fraction of sp³-hybridized carbons (Fsp3) is 0.938. The fourth-order valence-corrected chi connectivity index (χ4v) is 2.31. The van der Waals surface area contributed by atoms with E-state index in [1.807, 2.05) is 0 Å². The van der Waals surface area contributed by atoms with Crippen molar-refractivity contribution in [2.75, 3.05) is 53.6 Å². The summed E-state index contributed by atoms with van der Waals surface area (Å²) in [6, 6.07) is 2.48. The monoisotopic (exact) mass is 299 g/mol. The van der Waals surface area contributed by atoms with Crippen LogP contribution >= 0.6 is 0 Å². The number of rotatable bonds is 14. The number of ether oxygens (including phenoxy) is 2. The lowest BCUT2D eigenvalue weighted by Gasteiger charge is -2.28. The molecule has 124 valence electrons. The smallest absolute Gasteiger partial charge is 0.106 e. The number of hydrogen-bond acceptors (Lipinski definition) is 5. The van der Waals surface area contributed by atoms with Gasteiger partial charge in [-0.2, -0.15) is 5.26 Å². The molecule has 5 heteroatoms. The van der Waals surface area contributed by atoms with Gasteiger partial charge in [0.15, 0.2) is 0 Å². The first-order valence-electron chi connectivity index (χ1n) is 8.04. The largest absolute Gasteiger partial charge is 0.383 e. The van der Waals surface area contributed by atoms with Gasteiger partial charge in [-0.25, -0.2) is 0 Å². The van der Waals surface area contributed by atoms with Gasteiger partial charge in [0.05, 0.1) is 19.3 Å². The maximum Gasteiger partial charge on any atom is 0.106 e. The van der Waals surface area contributed by atoms with Crippen LogP contribution in [0.2, 0.25) is 0 Å². The molecule has 0 aliphatic heterocycles. The van der Waals surface area contributed by atoms with Crippen LogP contribution in [-0.2, 0) is 9.47 Å². The number of nitrogens with zero attached hydrogens (tertiary/aromatic N) is 2. The van der Waals surface area contributed by atoms with Crippen molar-refractivity contribution >= 4 is 0 Å². The van der Waals surface area contributed by atoms with Crippen LogP contribution in [-0.4, -0.2) is 64.1 Å². The normalized spacial score (nSPS) is 14.1. The van der Waals surface area contributed by atoms with E-state index in [0.29, 0.717) is 0 Å². The number of hydrogen-bond donors (Lipinski definition) is 1. The first kappa shape index (κ1) is 20.3. The third-order valence-electron chi connectivity index (χ3n) is 3.83. The Balaban J connectivity index is 4.25. The van der Waals surface area contributed by atoms with E-state index in [2.05, 4.69) is 30.1 Å². The van der Waals surface area contributed by atoms with E-state index in [4.69, 9.17) is 9.47 Å². The van der Waals surface area contributed by atoms with Crippen molar-refractivity contribution in [2.24, 2.45) is 0 Å². The van der Waals surface area contributed by atoms with Gasteiger partial charge in [-0.15, -0.1) is 0 Å².